The van der Waals surface area contributed by atoms with Gasteiger partial charge in [0.15, 0.2) is 5.78 Å². The molecular weight excluding hydrogens is 370 g/mol. The van der Waals surface area contributed by atoms with E-state index < -0.39 is 23.9 Å². The molecular formula is C22H19N3O4. The Kier molecular flexibility index (Phi) is 3.81. The zero-order valence-corrected chi connectivity index (χ0v) is 16.0. The van der Waals surface area contributed by atoms with Crippen LogP contribution in [0, 0.1) is 11.8 Å². The summed E-state index contributed by atoms with van der Waals surface area (Å²) in [6, 6.07) is 13.3. The Morgan fingerprint density at radius 3 is 2.38 bits per heavy atom. The van der Waals surface area contributed by atoms with Crippen molar-refractivity contribution in [2.24, 2.45) is 16.9 Å². The van der Waals surface area contributed by atoms with Gasteiger partial charge in [0.1, 0.15) is 11.8 Å². The van der Waals surface area contributed by atoms with Crippen molar-refractivity contribution in [2.45, 2.75) is 19.0 Å². The second kappa shape index (κ2) is 6.27. The summed E-state index contributed by atoms with van der Waals surface area (Å²) in [6.07, 6.45) is 1.69. The first kappa shape index (κ1) is 17.6. The molecule has 0 spiro atoms. The molecule has 7 heteroatoms. The van der Waals surface area contributed by atoms with Gasteiger partial charge in [-0.2, -0.15) is 5.10 Å². The number of benzene rings is 2. The lowest BCUT2D eigenvalue weighted by molar-refractivity contribution is -0.129. The lowest BCUT2D eigenvalue weighted by Gasteiger charge is -2.33. The fourth-order valence-electron chi connectivity index (χ4n) is 4.81. The summed E-state index contributed by atoms with van der Waals surface area (Å²) in [4.78, 5) is 40.6. The molecule has 2 aromatic carbocycles. The highest BCUT2D eigenvalue weighted by molar-refractivity contribution is 6.24. The van der Waals surface area contributed by atoms with Crippen LogP contribution in [-0.2, 0) is 14.4 Å². The van der Waals surface area contributed by atoms with E-state index in [0.29, 0.717) is 11.4 Å². The first-order valence-corrected chi connectivity index (χ1v) is 9.46. The molecule has 0 unspecified atom stereocenters. The number of hydrogen-bond donors (Lipinski definition) is 0. The maximum Gasteiger partial charge on any atom is 0.240 e. The van der Waals surface area contributed by atoms with Crippen molar-refractivity contribution in [3.63, 3.8) is 0 Å². The normalized spacial score (nSPS) is 27.0. The van der Waals surface area contributed by atoms with Crippen LogP contribution in [0.25, 0.3) is 0 Å². The predicted molar refractivity (Wildman–Crippen MR) is 106 cm³/mol. The van der Waals surface area contributed by atoms with Crippen LogP contribution in [0.5, 0.6) is 5.75 Å². The summed E-state index contributed by atoms with van der Waals surface area (Å²) in [5.41, 5.74) is 2.30. The summed E-state index contributed by atoms with van der Waals surface area (Å²) in [5.74, 6) is -1.59. The first-order chi connectivity index (χ1) is 14.0. The number of carbonyl (C=O) groups is 3. The topological polar surface area (TPSA) is 79.3 Å². The molecule has 0 aromatic heterocycles. The van der Waals surface area contributed by atoms with Crippen molar-refractivity contribution >= 4 is 29.5 Å². The van der Waals surface area contributed by atoms with E-state index in [2.05, 4.69) is 5.10 Å². The monoisotopic (exact) mass is 389 g/mol. The van der Waals surface area contributed by atoms with E-state index >= 15 is 0 Å². The van der Waals surface area contributed by atoms with E-state index in [4.69, 9.17) is 4.74 Å². The molecule has 4 atom stereocenters. The van der Waals surface area contributed by atoms with Gasteiger partial charge in [0, 0.05) is 0 Å². The Labute approximate surface area is 167 Å². The molecule has 0 aliphatic carbocycles. The van der Waals surface area contributed by atoms with Crippen LogP contribution in [-0.4, -0.2) is 42.0 Å². The molecule has 2 amide bonds. The zero-order chi connectivity index (χ0) is 20.3. The number of fused-ring (bicyclic) bond motifs is 5. The number of amides is 2. The van der Waals surface area contributed by atoms with E-state index in [9.17, 15) is 14.4 Å². The summed E-state index contributed by atoms with van der Waals surface area (Å²) < 4.78 is 5.16. The zero-order valence-electron chi connectivity index (χ0n) is 16.0. The SMILES string of the molecule is COc1ccc(N2C(=O)[C@H]3[C@H](C2=O)[C@H]2c4ccccc4C=NN2[C@@H]3C(C)=O)cc1. The summed E-state index contributed by atoms with van der Waals surface area (Å²) in [6.45, 7) is 1.45. The van der Waals surface area contributed by atoms with E-state index in [1.807, 2.05) is 24.3 Å². The number of imide groups is 1. The van der Waals surface area contributed by atoms with Crippen LogP contribution in [0.1, 0.15) is 24.1 Å². The number of hydrogen-bond acceptors (Lipinski definition) is 6. The molecule has 2 aromatic rings. The molecule has 146 valence electrons. The van der Waals surface area contributed by atoms with Gasteiger partial charge in [-0.05, 0) is 42.3 Å². The minimum Gasteiger partial charge on any atom is -0.497 e. The average Bonchev–Trinajstić information content (AvgIpc) is 3.21. The van der Waals surface area contributed by atoms with Crippen molar-refractivity contribution in [1.29, 1.82) is 0 Å². The second-order valence-electron chi connectivity index (χ2n) is 7.52. The number of rotatable bonds is 3. The highest BCUT2D eigenvalue weighted by atomic mass is 16.5. The third kappa shape index (κ3) is 2.36. The third-order valence-corrected chi connectivity index (χ3v) is 6.04. The van der Waals surface area contributed by atoms with E-state index in [1.54, 1.807) is 42.6 Å². The Hall–Kier alpha value is -3.48. The van der Waals surface area contributed by atoms with Crippen LogP contribution in [0.2, 0.25) is 0 Å². The predicted octanol–water partition coefficient (Wildman–Crippen LogP) is 2.16. The van der Waals surface area contributed by atoms with Gasteiger partial charge in [0.25, 0.3) is 0 Å². The Bertz CT molecular complexity index is 1060. The second-order valence-corrected chi connectivity index (χ2v) is 7.52. The van der Waals surface area contributed by atoms with Crippen molar-refractivity contribution in [1.82, 2.24) is 5.01 Å². The number of carbonyl (C=O) groups excluding carboxylic acids is 3. The van der Waals surface area contributed by atoms with Gasteiger partial charge < -0.3 is 4.74 Å². The molecule has 5 rings (SSSR count). The molecule has 3 aliphatic rings. The molecule has 0 saturated carbocycles. The molecule has 0 radical (unpaired) electrons. The van der Waals surface area contributed by atoms with Crippen LogP contribution in [0.4, 0.5) is 5.69 Å². The van der Waals surface area contributed by atoms with E-state index in [-0.39, 0.29) is 17.6 Å². The number of hydrazone groups is 1. The Morgan fingerprint density at radius 2 is 1.69 bits per heavy atom. The van der Waals surface area contributed by atoms with Gasteiger partial charge in [-0.15, -0.1) is 0 Å². The highest BCUT2D eigenvalue weighted by Gasteiger charge is 2.64. The van der Waals surface area contributed by atoms with Gasteiger partial charge in [-0.3, -0.25) is 19.4 Å². The quantitative estimate of drug-likeness (QED) is 0.752. The minimum absolute atomic E-state index is 0.170. The minimum atomic E-state index is -0.755. The lowest BCUT2D eigenvalue weighted by Crippen LogP contribution is -2.43. The van der Waals surface area contributed by atoms with Gasteiger partial charge in [-0.1, -0.05) is 24.3 Å². The van der Waals surface area contributed by atoms with Gasteiger partial charge in [-0.25, -0.2) is 4.90 Å². The van der Waals surface area contributed by atoms with Crippen molar-refractivity contribution in [2.75, 3.05) is 12.0 Å². The third-order valence-electron chi connectivity index (χ3n) is 6.04. The van der Waals surface area contributed by atoms with Crippen LogP contribution < -0.4 is 9.64 Å². The van der Waals surface area contributed by atoms with Gasteiger partial charge in [0.2, 0.25) is 11.8 Å². The summed E-state index contributed by atoms with van der Waals surface area (Å²) in [7, 11) is 1.55. The first-order valence-electron chi connectivity index (χ1n) is 9.46. The number of ether oxygens (including phenoxy) is 1. The van der Waals surface area contributed by atoms with E-state index in [0.717, 1.165) is 11.1 Å². The summed E-state index contributed by atoms with van der Waals surface area (Å²) >= 11 is 0. The molecule has 2 fully saturated rings. The Morgan fingerprint density at radius 1 is 1.00 bits per heavy atom. The lowest BCUT2D eigenvalue weighted by atomic mass is 9.84. The number of Topliss-reactive ketones (excluding diaryl/α,β-unsaturated/α-hetero) is 1. The molecule has 0 N–H and O–H groups in total. The average molecular weight is 389 g/mol. The summed E-state index contributed by atoms with van der Waals surface area (Å²) in [5, 5.41) is 6.11. The van der Waals surface area contributed by atoms with Crippen molar-refractivity contribution < 1.29 is 19.1 Å². The fraction of sp³-hybridized carbons (Fsp3) is 0.273. The smallest absolute Gasteiger partial charge is 0.240 e. The molecule has 7 nitrogen and oxygen atoms in total. The maximum absolute atomic E-state index is 13.5. The van der Waals surface area contributed by atoms with Gasteiger partial charge in [0.05, 0.1) is 36.9 Å². The standard InChI is InChI=1S/C22H19N3O4/c1-12(26)19-17-18(20-16-6-4-3-5-13(16)11-23-25(19)20)22(28)24(21(17)27)14-7-9-15(29-2)10-8-14/h3-11,17-20H,1-2H3/t17-,18-,19+,20+/m0/s1. The molecule has 0 bridgehead atoms. The molecule has 29 heavy (non-hydrogen) atoms. The van der Waals surface area contributed by atoms with Crippen LogP contribution >= 0.6 is 0 Å². The van der Waals surface area contributed by atoms with Crippen molar-refractivity contribution in [3.8, 4) is 5.75 Å². The van der Waals surface area contributed by atoms with Gasteiger partial charge >= 0.3 is 0 Å². The number of anilines is 1. The maximum atomic E-state index is 13.5. The van der Waals surface area contributed by atoms with Crippen molar-refractivity contribution in [3.05, 3.63) is 59.7 Å². The number of nitrogens with zero attached hydrogens (tertiary/aromatic N) is 3. The Balaban J connectivity index is 1.62. The largest absolute Gasteiger partial charge is 0.497 e. The molecule has 3 heterocycles. The molecule has 3 aliphatic heterocycles. The number of methoxy groups -OCH3 is 1. The number of ketones is 1. The molecule has 2 saturated heterocycles. The fourth-order valence-corrected chi connectivity index (χ4v) is 4.81. The van der Waals surface area contributed by atoms with E-state index in [1.165, 1.54) is 11.8 Å². The van der Waals surface area contributed by atoms with Crippen LogP contribution in [0.3, 0.4) is 0 Å². The van der Waals surface area contributed by atoms with Crippen LogP contribution in [0.15, 0.2) is 53.6 Å². The highest BCUT2D eigenvalue weighted by Crippen LogP contribution is 2.52.